The second-order valence-corrected chi connectivity index (χ2v) is 5.62. The Morgan fingerprint density at radius 3 is 2.88 bits per heavy atom. The molecule has 0 saturated heterocycles. The van der Waals surface area contributed by atoms with Crippen LogP contribution in [0.5, 0.6) is 11.5 Å². The molecule has 2 amide bonds. The Bertz CT molecular complexity index is 875. The van der Waals surface area contributed by atoms with E-state index in [0.29, 0.717) is 22.7 Å². The molecule has 1 aliphatic heterocycles. The maximum absolute atomic E-state index is 12.7. The van der Waals surface area contributed by atoms with Crippen molar-refractivity contribution in [2.24, 2.45) is 0 Å². The minimum absolute atomic E-state index is 0.0944. The number of likely N-dealkylation sites (N-methyl/N-ethyl adjacent to an activating group) is 1. The van der Waals surface area contributed by atoms with E-state index in [1.807, 2.05) is 6.07 Å². The van der Waals surface area contributed by atoms with Crippen molar-refractivity contribution in [2.45, 2.75) is 6.10 Å². The number of ether oxygens (including phenoxy) is 2. The fourth-order valence-corrected chi connectivity index (χ4v) is 2.65. The van der Waals surface area contributed by atoms with Crippen LogP contribution in [0.25, 0.3) is 0 Å². The zero-order valence-corrected chi connectivity index (χ0v) is 14.1. The number of fused-ring (bicyclic) bond motifs is 1. The molecule has 0 fully saturated rings. The van der Waals surface area contributed by atoms with Gasteiger partial charge >= 0.3 is 0 Å². The van der Waals surface area contributed by atoms with Crippen LogP contribution in [-0.4, -0.2) is 38.1 Å². The molecule has 0 aliphatic carbocycles. The molecule has 0 radical (unpaired) electrons. The van der Waals surface area contributed by atoms with Gasteiger partial charge in [0.05, 0.1) is 23.9 Å². The number of amides is 2. The number of carbonyl (C=O) groups excluding carboxylic acids is 2. The highest BCUT2D eigenvalue weighted by molar-refractivity contribution is 5.98. The van der Waals surface area contributed by atoms with Gasteiger partial charge in [0.1, 0.15) is 11.5 Å². The van der Waals surface area contributed by atoms with E-state index in [0.717, 1.165) is 0 Å². The Hall–Kier alpha value is -3.53. The molecule has 0 spiro atoms. The average molecular weight is 351 g/mol. The van der Waals surface area contributed by atoms with E-state index < -0.39 is 6.10 Å². The third-order valence-electron chi connectivity index (χ3n) is 3.94. The fraction of sp³-hybridized carbons (Fsp3) is 0.211. The van der Waals surface area contributed by atoms with Crippen molar-refractivity contribution in [3.05, 3.63) is 54.1 Å². The van der Waals surface area contributed by atoms with Gasteiger partial charge in [-0.25, -0.2) is 0 Å². The van der Waals surface area contributed by atoms with E-state index in [4.69, 9.17) is 14.7 Å². The van der Waals surface area contributed by atoms with Crippen molar-refractivity contribution >= 4 is 17.5 Å². The zero-order valence-electron chi connectivity index (χ0n) is 14.1. The maximum Gasteiger partial charge on any atom is 0.265 e. The number of para-hydroxylation sites is 2. The van der Waals surface area contributed by atoms with Gasteiger partial charge in [0, 0.05) is 7.05 Å². The average Bonchev–Trinajstić information content (AvgIpc) is 2.70. The van der Waals surface area contributed by atoms with Crippen LogP contribution in [0.4, 0.5) is 5.69 Å². The van der Waals surface area contributed by atoms with Gasteiger partial charge in [-0.05, 0) is 30.3 Å². The number of nitrogens with one attached hydrogen (secondary N) is 1. The van der Waals surface area contributed by atoms with E-state index in [2.05, 4.69) is 5.32 Å². The van der Waals surface area contributed by atoms with Crippen LogP contribution < -0.4 is 19.7 Å². The van der Waals surface area contributed by atoms with Crippen LogP contribution in [0.1, 0.15) is 5.56 Å². The highest BCUT2D eigenvalue weighted by atomic mass is 16.5. The third-order valence-corrected chi connectivity index (χ3v) is 3.94. The van der Waals surface area contributed by atoms with Crippen molar-refractivity contribution in [3.63, 3.8) is 0 Å². The lowest BCUT2D eigenvalue weighted by Gasteiger charge is -2.33. The lowest BCUT2D eigenvalue weighted by atomic mass is 10.1. The summed E-state index contributed by atoms with van der Waals surface area (Å²) in [5, 5.41) is 11.5. The molecule has 7 heteroatoms. The van der Waals surface area contributed by atoms with Gasteiger partial charge in [-0.15, -0.1) is 0 Å². The topological polar surface area (TPSA) is 91.7 Å². The predicted octanol–water partition coefficient (Wildman–Crippen LogP) is 1.48. The van der Waals surface area contributed by atoms with Crippen molar-refractivity contribution in [1.29, 1.82) is 5.26 Å². The first-order chi connectivity index (χ1) is 12.6. The number of hydrogen-bond donors (Lipinski definition) is 1. The Kier molecular flexibility index (Phi) is 5.04. The summed E-state index contributed by atoms with van der Waals surface area (Å²) in [4.78, 5) is 26.1. The maximum atomic E-state index is 12.7. The second-order valence-electron chi connectivity index (χ2n) is 5.62. The summed E-state index contributed by atoms with van der Waals surface area (Å²) >= 11 is 0. The lowest BCUT2D eigenvalue weighted by molar-refractivity contribution is -0.128. The predicted molar refractivity (Wildman–Crippen MR) is 93.9 cm³/mol. The number of nitriles is 1. The van der Waals surface area contributed by atoms with E-state index in [1.54, 1.807) is 48.5 Å². The van der Waals surface area contributed by atoms with Gasteiger partial charge in [-0.3, -0.25) is 9.59 Å². The van der Waals surface area contributed by atoms with Crippen molar-refractivity contribution in [2.75, 3.05) is 25.1 Å². The Balaban J connectivity index is 1.76. The molecule has 1 unspecified atom stereocenters. The molecule has 3 rings (SSSR count). The molecular weight excluding hydrogens is 334 g/mol. The highest BCUT2D eigenvalue weighted by Gasteiger charge is 2.33. The van der Waals surface area contributed by atoms with Gasteiger partial charge in [-0.1, -0.05) is 18.2 Å². The first-order valence-electron chi connectivity index (χ1n) is 8.03. The molecule has 0 bridgehead atoms. The zero-order chi connectivity index (χ0) is 18.5. The minimum Gasteiger partial charge on any atom is -0.484 e. The smallest absolute Gasteiger partial charge is 0.265 e. The molecule has 26 heavy (non-hydrogen) atoms. The van der Waals surface area contributed by atoms with Gasteiger partial charge in [0.15, 0.2) is 12.7 Å². The van der Waals surface area contributed by atoms with E-state index in [9.17, 15) is 9.59 Å². The number of carbonyl (C=O) groups is 2. The minimum atomic E-state index is -0.791. The molecule has 132 valence electrons. The molecule has 1 aliphatic rings. The summed E-state index contributed by atoms with van der Waals surface area (Å²) in [5.41, 5.74) is 1.04. The first kappa shape index (κ1) is 17.3. The molecule has 0 saturated carbocycles. The summed E-state index contributed by atoms with van der Waals surface area (Å²) in [5.74, 6) is 0.283. The molecule has 7 nitrogen and oxygen atoms in total. The first-order valence-corrected chi connectivity index (χ1v) is 8.03. The van der Waals surface area contributed by atoms with Gasteiger partial charge in [0.2, 0.25) is 0 Å². The normalized spacial score (nSPS) is 15.2. The van der Waals surface area contributed by atoms with Gasteiger partial charge in [0.25, 0.3) is 11.8 Å². The van der Waals surface area contributed by atoms with Crippen LogP contribution >= 0.6 is 0 Å². The summed E-state index contributed by atoms with van der Waals surface area (Å²) in [6, 6.07) is 15.6. The monoisotopic (exact) mass is 351 g/mol. The number of anilines is 1. The SMILES string of the molecule is CNC(=O)C1CN(C(=O)COc2cccc(C#N)c2)c2ccccc2O1. The van der Waals surface area contributed by atoms with Crippen molar-refractivity contribution in [1.82, 2.24) is 5.32 Å². The lowest BCUT2D eigenvalue weighted by Crippen LogP contribution is -2.51. The third kappa shape index (κ3) is 3.59. The molecule has 0 aromatic heterocycles. The van der Waals surface area contributed by atoms with Gasteiger partial charge in [-0.2, -0.15) is 5.26 Å². The Labute approximate surface area is 150 Å². The standard InChI is InChI=1S/C19H17N3O4/c1-21-19(24)17-11-22(15-7-2-3-8-16(15)26-17)18(23)12-25-14-6-4-5-13(9-14)10-20/h2-9,17H,11-12H2,1H3,(H,21,24). The molecular formula is C19H17N3O4. The van der Waals surface area contributed by atoms with Crippen molar-refractivity contribution in [3.8, 4) is 17.6 Å². The number of benzene rings is 2. The van der Waals surface area contributed by atoms with Crippen LogP contribution in [0.15, 0.2) is 48.5 Å². The number of rotatable bonds is 4. The highest BCUT2D eigenvalue weighted by Crippen LogP contribution is 2.33. The van der Waals surface area contributed by atoms with Crippen LogP contribution in [0, 0.1) is 11.3 Å². The summed E-state index contributed by atoms with van der Waals surface area (Å²) < 4.78 is 11.2. The van der Waals surface area contributed by atoms with Crippen LogP contribution in [0.2, 0.25) is 0 Å². The van der Waals surface area contributed by atoms with Crippen molar-refractivity contribution < 1.29 is 19.1 Å². The summed E-state index contributed by atoms with van der Waals surface area (Å²) in [7, 11) is 1.52. The number of nitrogens with zero attached hydrogens (tertiary/aromatic N) is 2. The number of hydrogen-bond acceptors (Lipinski definition) is 5. The molecule has 2 aromatic carbocycles. The van der Waals surface area contributed by atoms with E-state index in [-0.39, 0.29) is 25.0 Å². The van der Waals surface area contributed by atoms with E-state index in [1.165, 1.54) is 11.9 Å². The summed E-state index contributed by atoms with van der Waals surface area (Å²) in [6.45, 7) is -0.124. The second kappa shape index (κ2) is 7.57. The van der Waals surface area contributed by atoms with Crippen LogP contribution in [0.3, 0.4) is 0 Å². The molecule has 2 aromatic rings. The summed E-state index contributed by atoms with van der Waals surface area (Å²) in [6.07, 6.45) is -0.791. The Morgan fingerprint density at radius 2 is 2.12 bits per heavy atom. The van der Waals surface area contributed by atoms with Gasteiger partial charge < -0.3 is 19.7 Å². The molecule has 1 N–H and O–H groups in total. The largest absolute Gasteiger partial charge is 0.484 e. The molecule has 1 atom stereocenters. The Morgan fingerprint density at radius 1 is 1.31 bits per heavy atom. The fourth-order valence-electron chi connectivity index (χ4n) is 2.65. The van der Waals surface area contributed by atoms with E-state index >= 15 is 0 Å². The molecule has 1 heterocycles. The quantitative estimate of drug-likeness (QED) is 0.901. The van der Waals surface area contributed by atoms with Crippen LogP contribution in [-0.2, 0) is 9.59 Å².